The molecule has 0 spiro atoms. The fourth-order valence-electron chi connectivity index (χ4n) is 1.50. The van der Waals surface area contributed by atoms with Crippen molar-refractivity contribution in [3.63, 3.8) is 0 Å². The van der Waals surface area contributed by atoms with Gasteiger partial charge in [-0.1, -0.05) is 0 Å². The SMILES string of the molecule is Cc1nn(C)cc1CNc1ccc(Br)nc1. The van der Waals surface area contributed by atoms with Crippen molar-refractivity contribution in [2.45, 2.75) is 13.5 Å². The van der Waals surface area contributed by atoms with Crippen molar-refractivity contribution in [1.29, 1.82) is 0 Å². The molecule has 0 saturated heterocycles. The molecule has 0 radical (unpaired) electrons. The summed E-state index contributed by atoms with van der Waals surface area (Å²) in [5, 5.41) is 7.60. The van der Waals surface area contributed by atoms with E-state index in [9.17, 15) is 0 Å². The lowest BCUT2D eigenvalue weighted by molar-refractivity contribution is 0.756. The van der Waals surface area contributed by atoms with Gasteiger partial charge >= 0.3 is 0 Å². The van der Waals surface area contributed by atoms with E-state index >= 15 is 0 Å². The Hall–Kier alpha value is -1.36. The van der Waals surface area contributed by atoms with E-state index in [1.807, 2.05) is 37.0 Å². The Balaban J connectivity index is 2.02. The molecule has 0 amide bonds. The highest BCUT2D eigenvalue weighted by Crippen LogP contribution is 2.12. The standard InChI is InChI=1S/C11H13BrN4/c1-8-9(7-16(2)15-8)5-13-10-3-4-11(12)14-6-10/h3-4,6-7,13H,5H2,1-2H3. The third-order valence-electron chi connectivity index (χ3n) is 2.33. The molecule has 2 aromatic heterocycles. The number of aryl methyl sites for hydroxylation is 2. The predicted molar refractivity (Wildman–Crippen MR) is 67.2 cm³/mol. The van der Waals surface area contributed by atoms with Crippen LogP contribution in [0.1, 0.15) is 11.3 Å². The lowest BCUT2D eigenvalue weighted by Gasteiger charge is -2.04. The summed E-state index contributed by atoms with van der Waals surface area (Å²) in [7, 11) is 1.93. The average molecular weight is 281 g/mol. The third-order valence-corrected chi connectivity index (χ3v) is 2.79. The van der Waals surface area contributed by atoms with Crippen LogP contribution in [-0.2, 0) is 13.6 Å². The molecule has 4 nitrogen and oxygen atoms in total. The van der Waals surface area contributed by atoms with Gasteiger partial charge in [0.1, 0.15) is 4.60 Å². The van der Waals surface area contributed by atoms with Crippen LogP contribution in [0, 0.1) is 6.92 Å². The van der Waals surface area contributed by atoms with Crippen LogP contribution in [0.15, 0.2) is 29.1 Å². The first-order chi connectivity index (χ1) is 7.65. The Kier molecular flexibility index (Phi) is 3.24. The summed E-state index contributed by atoms with van der Waals surface area (Å²) in [6, 6.07) is 3.90. The number of rotatable bonds is 3. The Morgan fingerprint density at radius 1 is 1.44 bits per heavy atom. The first-order valence-electron chi connectivity index (χ1n) is 4.99. The van der Waals surface area contributed by atoms with Crippen molar-refractivity contribution in [1.82, 2.24) is 14.8 Å². The van der Waals surface area contributed by atoms with Crippen LogP contribution in [0.3, 0.4) is 0 Å². The molecule has 16 heavy (non-hydrogen) atoms. The quantitative estimate of drug-likeness (QED) is 0.879. The Morgan fingerprint density at radius 3 is 2.81 bits per heavy atom. The highest BCUT2D eigenvalue weighted by Gasteiger charge is 2.02. The lowest BCUT2D eigenvalue weighted by atomic mass is 10.2. The zero-order valence-electron chi connectivity index (χ0n) is 9.24. The molecule has 2 heterocycles. The fourth-order valence-corrected chi connectivity index (χ4v) is 1.73. The van der Waals surface area contributed by atoms with E-state index in [2.05, 4.69) is 31.3 Å². The summed E-state index contributed by atoms with van der Waals surface area (Å²) in [6.07, 6.45) is 3.82. The maximum Gasteiger partial charge on any atom is 0.106 e. The minimum Gasteiger partial charge on any atom is -0.380 e. The number of pyridine rings is 1. The molecule has 84 valence electrons. The van der Waals surface area contributed by atoms with Crippen molar-refractivity contribution in [3.05, 3.63) is 40.4 Å². The van der Waals surface area contributed by atoms with E-state index in [1.54, 1.807) is 6.20 Å². The zero-order valence-corrected chi connectivity index (χ0v) is 10.8. The summed E-state index contributed by atoms with van der Waals surface area (Å²) in [5.74, 6) is 0. The second-order valence-electron chi connectivity index (χ2n) is 3.64. The Bertz CT molecular complexity index is 475. The molecule has 0 saturated carbocycles. The summed E-state index contributed by atoms with van der Waals surface area (Å²) < 4.78 is 2.67. The van der Waals surface area contributed by atoms with Crippen LogP contribution in [0.2, 0.25) is 0 Å². The van der Waals surface area contributed by atoms with Crippen LogP contribution in [-0.4, -0.2) is 14.8 Å². The van der Waals surface area contributed by atoms with Gasteiger partial charge < -0.3 is 5.32 Å². The number of nitrogens with one attached hydrogen (secondary N) is 1. The predicted octanol–water partition coefficient (Wildman–Crippen LogP) is 2.50. The van der Waals surface area contributed by atoms with Gasteiger partial charge in [0.25, 0.3) is 0 Å². The molecular formula is C11H13BrN4. The molecule has 0 aliphatic carbocycles. The van der Waals surface area contributed by atoms with Gasteiger partial charge in [0.2, 0.25) is 0 Å². The topological polar surface area (TPSA) is 42.7 Å². The van der Waals surface area contributed by atoms with Crippen molar-refractivity contribution in [3.8, 4) is 0 Å². The van der Waals surface area contributed by atoms with E-state index in [4.69, 9.17) is 0 Å². The minimum atomic E-state index is 0.767. The number of nitrogens with zero attached hydrogens (tertiary/aromatic N) is 3. The summed E-state index contributed by atoms with van der Waals surface area (Å²) in [4.78, 5) is 4.15. The second kappa shape index (κ2) is 4.65. The van der Waals surface area contributed by atoms with Gasteiger partial charge in [-0.05, 0) is 35.0 Å². The van der Waals surface area contributed by atoms with Gasteiger partial charge in [0, 0.05) is 25.4 Å². The first kappa shape index (κ1) is 11.1. The van der Waals surface area contributed by atoms with Crippen LogP contribution in [0.5, 0.6) is 0 Å². The highest BCUT2D eigenvalue weighted by molar-refractivity contribution is 9.10. The number of halogens is 1. The summed E-state index contributed by atoms with van der Waals surface area (Å²) >= 11 is 3.30. The summed E-state index contributed by atoms with van der Waals surface area (Å²) in [5.41, 5.74) is 3.26. The van der Waals surface area contributed by atoms with Crippen molar-refractivity contribution < 1.29 is 0 Å². The smallest absolute Gasteiger partial charge is 0.106 e. The third kappa shape index (κ3) is 2.61. The molecular weight excluding hydrogens is 268 g/mol. The lowest BCUT2D eigenvalue weighted by Crippen LogP contribution is -2.00. The van der Waals surface area contributed by atoms with E-state index in [0.717, 1.165) is 22.5 Å². The largest absolute Gasteiger partial charge is 0.380 e. The zero-order chi connectivity index (χ0) is 11.5. The maximum atomic E-state index is 4.29. The van der Waals surface area contributed by atoms with Crippen LogP contribution in [0.4, 0.5) is 5.69 Å². The maximum absolute atomic E-state index is 4.29. The fraction of sp³-hybridized carbons (Fsp3) is 0.273. The van der Waals surface area contributed by atoms with Crippen LogP contribution in [0.25, 0.3) is 0 Å². The van der Waals surface area contributed by atoms with Crippen LogP contribution < -0.4 is 5.32 Å². The molecule has 0 aliphatic rings. The molecule has 0 unspecified atom stereocenters. The molecule has 0 atom stereocenters. The molecule has 5 heteroatoms. The number of hydrogen-bond acceptors (Lipinski definition) is 3. The van der Waals surface area contributed by atoms with Crippen molar-refractivity contribution >= 4 is 21.6 Å². The summed E-state index contributed by atoms with van der Waals surface area (Å²) in [6.45, 7) is 2.78. The molecule has 0 aromatic carbocycles. The first-order valence-corrected chi connectivity index (χ1v) is 5.79. The van der Waals surface area contributed by atoms with Gasteiger partial charge in [-0.2, -0.15) is 5.10 Å². The Labute approximate surface area is 103 Å². The van der Waals surface area contributed by atoms with Gasteiger partial charge in [-0.3, -0.25) is 4.68 Å². The molecule has 1 N–H and O–H groups in total. The van der Waals surface area contributed by atoms with E-state index < -0.39 is 0 Å². The Morgan fingerprint density at radius 2 is 2.25 bits per heavy atom. The molecule has 0 fully saturated rings. The van der Waals surface area contributed by atoms with E-state index in [-0.39, 0.29) is 0 Å². The monoisotopic (exact) mass is 280 g/mol. The van der Waals surface area contributed by atoms with Gasteiger partial charge in [0.05, 0.1) is 17.6 Å². The van der Waals surface area contributed by atoms with Crippen molar-refractivity contribution in [2.24, 2.45) is 7.05 Å². The van der Waals surface area contributed by atoms with E-state index in [0.29, 0.717) is 0 Å². The van der Waals surface area contributed by atoms with Gasteiger partial charge in [-0.15, -0.1) is 0 Å². The average Bonchev–Trinajstić information content (AvgIpc) is 2.57. The molecule has 0 aliphatic heterocycles. The van der Waals surface area contributed by atoms with Crippen LogP contribution >= 0.6 is 15.9 Å². The number of hydrogen-bond donors (Lipinski definition) is 1. The van der Waals surface area contributed by atoms with E-state index in [1.165, 1.54) is 5.56 Å². The normalized spacial score (nSPS) is 10.4. The number of anilines is 1. The molecule has 2 aromatic rings. The van der Waals surface area contributed by atoms with Gasteiger partial charge in [0.15, 0.2) is 0 Å². The molecule has 0 bridgehead atoms. The minimum absolute atomic E-state index is 0.767. The highest BCUT2D eigenvalue weighted by atomic mass is 79.9. The van der Waals surface area contributed by atoms with Crippen molar-refractivity contribution in [2.75, 3.05) is 5.32 Å². The number of aromatic nitrogens is 3. The molecule has 2 rings (SSSR count). The van der Waals surface area contributed by atoms with Gasteiger partial charge in [-0.25, -0.2) is 4.98 Å². The second-order valence-corrected chi connectivity index (χ2v) is 4.45.